The van der Waals surface area contributed by atoms with Crippen LogP contribution in [0.4, 0.5) is 11.4 Å². The highest BCUT2D eigenvalue weighted by molar-refractivity contribution is 7.96. The van der Waals surface area contributed by atoms with Gasteiger partial charge in [-0.25, -0.2) is 0 Å². The van der Waals surface area contributed by atoms with Crippen molar-refractivity contribution in [2.24, 2.45) is 0 Å². The van der Waals surface area contributed by atoms with E-state index >= 15 is 0 Å². The summed E-state index contributed by atoms with van der Waals surface area (Å²) in [6, 6.07) is 30.7. The topological polar surface area (TPSA) is 274 Å². The third kappa shape index (κ3) is 16.9. The lowest BCUT2D eigenvalue weighted by Gasteiger charge is -2.14. The predicted octanol–water partition coefficient (Wildman–Crippen LogP) is 7.55. The summed E-state index contributed by atoms with van der Waals surface area (Å²) < 4.78 is 39.2. The number of carbonyl (C=O) groups excluding carboxylic acids is 4. The van der Waals surface area contributed by atoms with Gasteiger partial charge in [0.25, 0.3) is 23.2 Å². The summed E-state index contributed by atoms with van der Waals surface area (Å²) in [6.07, 6.45) is 1.22. The maximum absolute atomic E-state index is 12.7. The van der Waals surface area contributed by atoms with Crippen molar-refractivity contribution in [3.05, 3.63) is 191 Å². The molecule has 20 nitrogen and oxygen atoms in total. The molecule has 0 fully saturated rings. The van der Waals surface area contributed by atoms with Gasteiger partial charge in [0.1, 0.15) is 54.9 Å². The number of amides is 2. The Morgan fingerprint density at radius 2 is 1.01 bits per heavy atom. The first-order valence-electron chi connectivity index (χ1n) is 21.7. The zero-order valence-corrected chi connectivity index (χ0v) is 40.0. The standard InChI is InChI=1S/C43H42N4O15S.C8H8O/c1-27-9-35(4-3-32(27)18-48)58-22-29-10-28(21-57-2)12-38(13-29)61-25-42(51)44-63-45-43(52)26-62-39-14-30(23-59-36-5-7-40(46(53)54)33(16-36)19-49)11-31(15-39)24-60-37-6-8-41(47(55)56)34(17-37)20-50;1-7-4-2-3-5-8(7)6-9/h3-17,19,48,50H,18,20-26H2,1-2H3,(H,44,51)(H,45,52);2-6H,1H3. The monoisotopic (exact) mass is 1010 g/mol. The number of aldehydes is 2. The van der Waals surface area contributed by atoms with Gasteiger partial charge in [-0.05, 0) is 126 Å². The van der Waals surface area contributed by atoms with E-state index in [0.717, 1.165) is 45.7 Å². The number of hydrogen-bond acceptors (Lipinski definition) is 17. The Morgan fingerprint density at radius 3 is 1.47 bits per heavy atom. The molecule has 0 aromatic heterocycles. The molecule has 0 saturated carbocycles. The Labute approximate surface area is 417 Å². The summed E-state index contributed by atoms with van der Waals surface area (Å²) >= 11 is 0.611. The molecule has 0 atom stereocenters. The summed E-state index contributed by atoms with van der Waals surface area (Å²) in [4.78, 5) is 68.2. The van der Waals surface area contributed by atoms with Crippen molar-refractivity contribution >= 4 is 47.9 Å². The smallest absolute Gasteiger partial charge is 0.280 e. The van der Waals surface area contributed by atoms with Crippen molar-refractivity contribution in [3.63, 3.8) is 0 Å². The van der Waals surface area contributed by atoms with Gasteiger partial charge >= 0.3 is 0 Å². The molecular weight excluding hydrogens is 957 g/mol. The highest BCUT2D eigenvalue weighted by Gasteiger charge is 2.17. The molecular formula is C51H50N4O16S. The number of rotatable bonds is 25. The van der Waals surface area contributed by atoms with Gasteiger partial charge < -0.3 is 38.6 Å². The van der Waals surface area contributed by atoms with E-state index in [1.807, 2.05) is 50.2 Å². The number of nitro groups is 2. The summed E-state index contributed by atoms with van der Waals surface area (Å²) in [5.74, 6) is 0.458. The Bertz CT molecular complexity index is 2880. The second kappa shape index (κ2) is 27.7. The lowest BCUT2D eigenvalue weighted by Crippen LogP contribution is -2.31. The number of carbonyl (C=O) groups is 4. The largest absolute Gasteiger partial charge is 0.489 e. The lowest BCUT2D eigenvalue weighted by atomic mass is 10.1. The van der Waals surface area contributed by atoms with Crippen LogP contribution < -0.4 is 33.1 Å². The van der Waals surface area contributed by atoms with Gasteiger partial charge in [0.05, 0.1) is 52.9 Å². The minimum Gasteiger partial charge on any atom is -0.489 e. The molecule has 0 bridgehead atoms. The van der Waals surface area contributed by atoms with Gasteiger partial charge in [-0.15, -0.1) is 0 Å². The highest BCUT2D eigenvalue weighted by atomic mass is 32.2. The van der Waals surface area contributed by atoms with Crippen molar-refractivity contribution in [2.45, 2.75) is 53.5 Å². The van der Waals surface area contributed by atoms with E-state index in [2.05, 4.69) is 9.44 Å². The Kier molecular flexibility index (Phi) is 21.0. The van der Waals surface area contributed by atoms with Crippen LogP contribution in [0, 0.1) is 34.1 Å². The second-order valence-electron chi connectivity index (χ2n) is 15.5. The van der Waals surface area contributed by atoms with E-state index in [0.29, 0.717) is 41.0 Å². The maximum Gasteiger partial charge on any atom is 0.280 e. The van der Waals surface area contributed by atoms with E-state index in [1.54, 1.807) is 49.6 Å². The fourth-order valence-electron chi connectivity index (χ4n) is 6.61. The predicted molar refractivity (Wildman–Crippen MR) is 263 cm³/mol. The molecule has 2 amide bonds. The molecule has 0 aliphatic rings. The van der Waals surface area contributed by atoms with E-state index in [-0.39, 0.29) is 79.4 Å². The van der Waals surface area contributed by atoms with Crippen LogP contribution in [0.25, 0.3) is 0 Å². The molecule has 0 radical (unpaired) electrons. The van der Waals surface area contributed by atoms with Crippen molar-refractivity contribution in [3.8, 4) is 28.7 Å². The maximum atomic E-state index is 12.7. The summed E-state index contributed by atoms with van der Waals surface area (Å²) in [5, 5.41) is 41.6. The van der Waals surface area contributed by atoms with Gasteiger partial charge in [-0.1, -0.05) is 30.3 Å². The quantitative estimate of drug-likeness (QED) is 0.0186. The minimum atomic E-state index is -0.687. The Balaban J connectivity index is 0.000000961. The molecule has 0 aliphatic carbocycles. The fraction of sp³-hybridized carbons (Fsp3) is 0.216. The van der Waals surface area contributed by atoms with E-state index < -0.39 is 34.9 Å². The number of nitrogens with one attached hydrogen (secondary N) is 2. The average Bonchev–Trinajstić information content (AvgIpc) is 3.38. The number of aliphatic hydroxyl groups excluding tert-OH is 2. The SMILES string of the molecule is COCc1cc(COc2ccc(CO)c(C)c2)cc(OCC(=O)NSNC(=O)COc2cc(COc3ccc([N+](=O)[O-])c(C=O)c3)cc(COc3ccc([N+](=O)[O-])c(CO)c3)c2)c1.Cc1ccccc1C=O. The van der Waals surface area contributed by atoms with Crippen molar-refractivity contribution in [1.82, 2.24) is 9.44 Å². The van der Waals surface area contributed by atoms with E-state index in [9.17, 15) is 49.6 Å². The van der Waals surface area contributed by atoms with Crippen LogP contribution >= 0.6 is 12.1 Å². The van der Waals surface area contributed by atoms with Gasteiger partial charge in [0.2, 0.25) is 0 Å². The van der Waals surface area contributed by atoms with Gasteiger partial charge in [0.15, 0.2) is 19.5 Å². The van der Waals surface area contributed by atoms with Crippen LogP contribution in [-0.2, 0) is 54.0 Å². The van der Waals surface area contributed by atoms with E-state index in [1.165, 1.54) is 30.3 Å². The number of nitrogens with zero attached hydrogens (tertiary/aromatic N) is 2. The zero-order chi connectivity index (χ0) is 52.0. The fourth-order valence-corrected chi connectivity index (χ4v) is 7.01. The first-order chi connectivity index (χ1) is 34.7. The second-order valence-corrected chi connectivity index (χ2v) is 16.1. The van der Waals surface area contributed by atoms with Crippen LogP contribution in [-0.4, -0.2) is 64.8 Å². The average molecular weight is 1010 g/mol. The molecule has 72 heavy (non-hydrogen) atoms. The zero-order valence-electron chi connectivity index (χ0n) is 39.2. The number of nitro benzene ring substituents is 2. The first kappa shape index (κ1) is 54.6. The minimum absolute atomic E-state index is 0.0518. The molecule has 6 aromatic rings. The molecule has 0 saturated heterocycles. The van der Waals surface area contributed by atoms with Crippen LogP contribution in [0.5, 0.6) is 28.7 Å². The van der Waals surface area contributed by atoms with Crippen LogP contribution in [0.3, 0.4) is 0 Å². The Morgan fingerprint density at radius 1 is 0.542 bits per heavy atom. The summed E-state index contributed by atoms with van der Waals surface area (Å²) in [6.45, 7) is 2.58. The van der Waals surface area contributed by atoms with Crippen molar-refractivity contribution in [1.29, 1.82) is 0 Å². The highest BCUT2D eigenvalue weighted by Crippen LogP contribution is 2.28. The molecule has 6 rings (SSSR count). The number of hydrogen-bond donors (Lipinski definition) is 4. The van der Waals surface area contributed by atoms with E-state index in [4.69, 9.17) is 28.4 Å². The van der Waals surface area contributed by atoms with Gasteiger partial charge in [-0.3, -0.25) is 48.9 Å². The van der Waals surface area contributed by atoms with Crippen LogP contribution in [0.1, 0.15) is 65.2 Å². The Hall–Kier alpha value is -8.37. The molecule has 0 heterocycles. The van der Waals surface area contributed by atoms with Gasteiger partial charge in [0, 0.05) is 24.8 Å². The van der Waals surface area contributed by atoms with Crippen LogP contribution in [0.15, 0.2) is 115 Å². The number of aryl methyl sites for hydroxylation is 2. The van der Waals surface area contributed by atoms with Crippen LogP contribution in [0.2, 0.25) is 0 Å². The van der Waals surface area contributed by atoms with Crippen molar-refractivity contribution < 1.29 is 67.7 Å². The number of aliphatic hydroxyl groups is 2. The molecule has 0 spiro atoms. The molecule has 6 aromatic carbocycles. The molecule has 376 valence electrons. The number of ether oxygens (including phenoxy) is 6. The lowest BCUT2D eigenvalue weighted by molar-refractivity contribution is -0.385. The molecule has 4 N–H and O–H groups in total. The number of benzene rings is 6. The number of methoxy groups -OCH3 is 1. The summed E-state index contributed by atoms with van der Waals surface area (Å²) in [7, 11) is 1.55. The summed E-state index contributed by atoms with van der Waals surface area (Å²) in [5.41, 5.74) is 5.31. The third-order valence-electron chi connectivity index (χ3n) is 10.2. The third-order valence-corrected chi connectivity index (χ3v) is 10.8. The normalized spacial score (nSPS) is 10.5. The molecule has 0 unspecified atom stereocenters. The molecule has 21 heteroatoms. The first-order valence-corrected chi connectivity index (χ1v) is 22.5. The van der Waals surface area contributed by atoms with Gasteiger partial charge in [-0.2, -0.15) is 0 Å². The molecule has 0 aliphatic heterocycles. The van der Waals surface area contributed by atoms with Crippen molar-refractivity contribution in [2.75, 3.05) is 20.3 Å².